The van der Waals surface area contributed by atoms with E-state index in [0.717, 1.165) is 5.56 Å². The zero-order valence-electron chi connectivity index (χ0n) is 8.84. The summed E-state index contributed by atoms with van der Waals surface area (Å²) in [6, 6.07) is 6.27. The van der Waals surface area contributed by atoms with Gasteiger partial charge >= 0.3 is 0 Å². The standard InChI is InChI=1S/C10H12FN5/c1-16-14-10(13-15-16)9(6-12)7-3-2-4-8(11)5-7/h2-5,9H,6,12H2,1H3. The van der Waals surface area contributed by atoms with E-state index < -0.39 is 0 Å². The Labute approximate surface area is 92.1 Å². The lowest BCUT2D eigenvalue weighted by atomic mass is 9.99. The van der Waals surface area contributed by atoms with Crippen LogP contribution in [0.25, 0.3) is 0 Å². The summed E-state index contributed by atoms with van der Waals surface area (Å²) in [4.78, 5) is 1.36. The van der Waals surface area contributed by atoms with E-state index in [2.05, 4.69) is 15.4 Å². The summed E-state index contributed by atoms with van der Waals surface area (Å²) in [6.07, 6.45) is 0. The Morgan fingerprint density at radius 3 is 2.88 bits per heavy atom. The van der Waals surface area contributed by atoms with Gasteiger partial charge in [-0.1, -0.05) is 12.1 Å². The van der Waals surface area contributed by atoms with Crippen molar-refractivity contribution in [3.05, 3.63) is 41.5 Å². The maximum atomic E-state index is 13.1. The van der Waals surface area contributed by atoms with Crippen molar-refractivity contribution in [2.75, 3.05) is 6.54 Å². The molecule has 1 unspecified atom stereocenters. The van der Waals surface area contributed by atoms with Crippen molar-refractivity contribution in [1.29, 1.82) is 0 Å². The number of hydrogen-bond donors (Lipinski definition) is 1. The first kappa shape index (κ1) is 10.7. The molecule has 0 fully saturated rings. The number of hydrogen-bond acceptors (Lipinski definition) is 4. The zero-order valence-corrected chi connectivity index (χ0v) is 8.84. The second kappa shape index (κ2) is 4.36. The number of benzene rings is 1. The lowest BCUT2D eigenvalue weighted by molar-refractivity contribution is 0.617. The minimum absolute atomic E-state index is 0.218. The topological polar surface area (TPSA) is 69.6 Å². The maximum Gasteiger partial charge on any atom is 0.183 e. The van der Waals surface area contributed by atoms with Crippen LogP contribution in [0.1, 0.15) is 17.3 Å². The molecule has 16 heavy (non-hydrogen) atoms. The van der Waals surface area contributed by atoms with Crippen LogP contribution in [0.3, 0.4) is 0 Å². The third kappa shape index (κ3) is 2.06. The molecule has 1 aromatic heterocycles. The molecule has 0 saturated carbocycles. The highest BCUT2D eigenvalue weighted by Gasteiger charge is 2.17. The summed E-state index contributed by atoms with van der Waals surface area (Å²) in [5, 5.41) is 11.7. The minimum Gasteiger partial charge on any atom is -0.329 e. The van der Waals surface area contributed by atoms with Crippen LogP contribution in [-0.4, -0.2) is 26.8 Å². The molecule has 1 atom stereocenters. The van der Waals surface area contributed by atoms with E-state index in [0.29, 0.717) is 12.4 Å². The number of rotatable bonds is 3. The third-order valence-corrected chi connectivity index (χ3v) is 2.32. The van der Waals surface area contributed by atoms with E-state index in [9.17, 15) is 4.39 Å². The largest absolute Gasteiger partial charge is 0.329 e. The molecular weight excluding hydrogens is 209 g/mol. The van der Waals surface area contributed by atoms with Crippen LogP contribution in [0.2, 0.25) is 0 Å². The lowest BCUT2D eigenvalue weighted by Gasteiger charge is -2.10. The van der Waals surface area contributed by atoms with Crippen molar-refractivity contribution in [2.45, 2.75) is 5.92 Å². The van der Waals surface area contributed by atoms with Gasteiger partial charge in [0.2, 0.25) is 0 Å². The fraction of sp³-hybridized carbons (Fsp3) is 0.300. The molecule has 2 rings (SSSR count). The number of halogens is 1. The van der Waals surface area contributed by atoms with Crippen LogP contribution < -0.4 is 5.73 Å². The van der Waals surface area contributed by atoms with Gasteiger partial charge in [-0.25, -0.2) is 4.39 Å². The van der Waals surface area contributed by atoms with Gasteiger partial charge in [0.15, 0.2) is 5.82 Å². The first-order chi connectivity index (χ1) is 7.70. The normalized spacial score (nSPS) is 12.7. The second-order valence-electron chi connectivity index (χ2n) is 3.48. The molecule has 1 aromatic carbocycles. The molecular formula is C10H12FN5. The molecule has 1 heterocycles. The molecule has 0 radical (unpaired) electrons. The molecule has 0 aliphatic carbocycles. The van der Waals surface area contributed by atoms with Crippen LogP contribution in [-0.2, 0) is 7.05 Å². The van der Waals surface area contributed by atoms with Gasteiger partial charge in [-0.3, -0.25) is 0 Å². The molecule has 0 bridgehead atoms. The Morgan fingerprint density at radius 1 is 1.50 bits per heavy atom. The van der Waals surface area contributed by atoms with E-state index in [1.165, 1.54) is 16.9 Å². The molecule has 0 amide bonds. The molecule has 0 aliphatic heterocycles. The van der Waals surface area contributed by atoms with Gasteiger partial charge in [0.1, 0.15) is 5.82 Å². The van der Waals surface area contributed by atoms with Crippen molar-refractivity contribution in [2.24, 2.45) is 12.8 Å². The quantitative estimate of drug-likeness (QED) is 0.816. The lowest BCUT2D eigenvalue weighted by Crippen LogP contribution is -2.15. The summed E-state index contributed by atoms with van der Waals surface area (Å²) in [5.74, 6) is -0.000148. The molecule has 6 heteroatoms. The molecule has 2 N–H and O–H groups in total. The highest BCUT2D eigenvalue weighted by atomic mass is 19.1. The highest BCUT2D eigenvalue weighted by molar-refractivity contribution is 5.25. The van der Waals surface area contributed by atoms with Crippen molar-refractivity contribution in [3.8, 4) is 0 Å². The average Bonchev–Trinajstić information content (AvgIpc) is 2.66. The van der Waals surface area contributed by atoms with Crippen molar-refractivity contribution in [3.63, 3.8) is 0 Å². The monoisotopic (exact) mass is 221 g/mol. The predicted molar refractivity (Wildman–Crippen MR) is 56.1 cm³/mol. The fourth-order valence-corrected chi connectivity index (χ4v) is 1.55. The van der Waals surface area contributed by atoms with Gasteiger partial charge < -0.3 is 5.73 Å². The SMILES string of the molecule is Cn1nnc(C(CN)c2cccc(F)c2)n1. The predicted octanol–water partition coefficient (Wildman–Crippen LogP) is 0.440. The van der Waals surface area contributed by atoms with Crippen LogP contribution >= 0.6 is 0 Å². The zero-order chi connectivity index (χ0) is 11.5. The van der Waals surface area contributed by atoms with Crippen LogP contribution in [0.5, 0.6) is 0 Å². The Hall–Kier alpha value is -1.82. The van der Waals surface area contributed by atoms with E-state index >= 15 is 0 Å². The summed E-state index contributed by atoms with van der Waals surface area (Å²) in [7, 11) is 1.68. The van der Waals surface area contributed by atoms with Crippen LogP contribution in [0.4, 0.5) is 4.39 Å². The number of nitrogens with two attached hydrogens (primary N) is 1. The van der Waals surface area contributed by atoms with Gasteiger partial charge in [-0.2, -0.15) is 4.80 Å². The third-order valence-electron chi connectivity index (χ3n) is 2.32. The second-order valence-corrected chi connectivity index (χ2v) is 3.48. The van der Waals surface area contributed by atoms with Gasteiger partial charge in [0, 0.05) is 6.54 Å². The van der Waals surface area contributed by atoms with Crippen LogP contribution in [0, 0.1) is 5.82 Å². The van der Waals surface area contributed by atoms with E-state index in [-0.39, 0.29) is 11.7 Å². The van der Waals surface area contributed by atoms with Crippen molar-refractivity contribution >= 4 is 0 Å². The Morgan fingerprint density at radius 2 is 2.31 bits per heavy atom. The van der Waals surface area contributed by atoms with Gasteiger partial charge in [-0.15, -0.1) is 10.2 Å². The smallest absolute Gasteiger partial charge is 0.183 e. The maximum absolute atomic E-state index is 13.1. The van der Waals surface area contributed by atoms with E-state index in [1.54, 1.807) is 19.2 Å². The van der Waals surface area contributed by atoms with Crippen molar-refractivity contribution in [1.82, 2.24) is 20.2 Å². The van der Waals surface area contributed by atoms with Gasteiger partial charge in [0.25, 0.3) is 0 Å². The molecule has 84 valence electrons. The number of aromatic nitrogens is 4. The van der Waals surface area contributed by atoms with E-state index in [1.807, 2.05) is 0 Å². The number of tetrazole rings is 1. The highest BCUT2D eigenvalue weighted by Crippen LogP contribution is 2.20. The molecule has 0 saturated heterocycles. The van der Waals surface area contributed by atoms with Crippen molar-refractivity contribution < 1.29 is 4.39 Å². The first-order valence-electron chi connectivity index (χ1n) is 4.90. The fourth-order valence-electron chi connectivity index (χ4n) is 1.55. The van der Waals surface area contributed by atoms with Gasteiger partial charge in [0.05, 0.1) is 13.0 Å². The Kier molecular flexibility index (Phi) is 2.91. The van der Waals surface area contributed by atoms with Gasteiger partial charge in [-0.05, 0) is 22.9 Å². The summed E-state index contributed by atoms with van der Waals surface area (Å²) >= 11 is 0. The first-order valence-corrected chi connectivity index (χ1v) is 4.90. The minimum atomic E-state index is -0.292. The number of nitrogens with zero attached hydrogens (tertiary/aromatic N) is 4. The number of aryl methyl sites for hydroxylation is 1. The molecule has 0 aliphatic rings. The Balaban J connectivity index is 2.36. The Bertz CT molecular complexity index is 482. The van der Waals surface area contributed by atoms with Crippen LogP contribution in [0.15, 0.2) is 24.3 Å². The summed E-state index contributed by atoms with van der Waals surface area (Å²) in [5.41, 5.74) is 6.42. The van der Waals surface area contributed by atoms with E-state index in [4.69, 9.17) is 5.73 Å². The average molecular weight is 221 g/mol. The summed E-state index contributed by atoms with van der Waals surface area (Å²) in [6.45, 7) is 0.315. The molecule has 2 aromatic rings. The molecule has 0 spiro atoms. The molecule has 5 nitrogen and oxygen atoms in total. The summed E-state index contributed by atoms with van der Waals surface area (Å²) < 4.78 is 13.1.